The van der Waals surface area contributed by atoms with Crippen LogP contribution >= 0.6 is 23.2 Å². The Bertz CT molecular complexity index is 808. The van der Waals surface area contributed by atoms with Crippen molar-refractivity contribution >= 4 is 41.2 Å². The molecule has 0 aliphatic rings. The van der Waals surface area contributed by atoms with E-state index in [-0.39, 0.29) is 11.6 Å². The molecule has 0 heterocycles. The van der Waals surface area contributed by atoms with Gasteiger partial charge in [0.15, 0.2) is 0 Å². The third-order valence-electron chi connectivity index (χ3n) is 3.19. The van der Waals surface area contributed by atoms with Crippen LogP contribution < -0.4 is 15.5 Å². The number of amides is 2. The number of ether oxygens (including phenoxy) is 1. The van der Waals surface area contributed by atoms with E-state index in [1.54, 1.807) is 0 Å². The number of benzene rings is 2. The lowest BCUT2D eigenvalue weighted by Gasteiger charge is -2.05. The van der Waals surface area contributed by atoms with Crippen molar-refractivity contribution in [2.45, 2.75) is 6.92 Å². The summed E-state index contributed by atoms with van der Waals surface area (Å²) in [6, 6.07) is 11.7. The fourth-order valence-electron chi connectivity index (χ4n) is 1.94. The molecule has 0 aromatic heterocycles. The highest BCUT2D eigenvalue weighted by Gasteiger charge is 2.09. The molecule has 8 heteroatoms. The predicted molar refractivity (Wildman–Crippen MR) is 102 cm³/mol. The number of hydrazone groups is 1. The lowest BCUT2D eigenvalue weighted by atomic mass is 10.2. The van der Waals surface area contributed by atoms with Crippen LogP contribution in [0, 0.1) is 0 Å². The Labute approximate surface area is 161 Å². The molecular weight excluding hydrogens is 377 g/mol. The number of nitrogens with one attached hydrogen (secondary N) is 2. The summed E-state index contributed by atoms with van der Waals surface area (Å²) in [6.45, 7) is 2.28. The maximum absolute atomic E-state index is 11.9. The molecule has 0 unspecified atom stereocenters. The van der Waals surface area contributed by atoms with Gasteiger partial charge in [0.25, 0.3) is 11.8 Å². The fourth-order valence-corrected chi connectivity index (χ4v) is 2.23. The first-order chi connectivity index (χ1) is 12.5. The van der Waals surface area contributed by atoms with Crippen molar-refractivity contribution in [2.24, 2.45) is 5.10 Å². The summed E-state index contributed by atoms with van der Waals surface area (Å²) >= 11 is 11.7. The van der Waals surface area contributed by atoms with Crippen LogP contribution in [0.5, 0.6) is 5.75 Å². The maximum Gasteiger partial charge on any atom is 0.259 e. The summed E-state index contributed by atoms with van der Waals surface area (Å²) in [5.41, 5.74) is 3.45. The van der Waals surface area contributed by atoms with Crippen molar-refractivity contribution in [1.82, 2.24) is 10.7 Å². The summed E-state index contributed by atoms with van der Waals surface area (Å²) in [5, 5.41) is 6.93. The Kier molecular flexibility index (Phi) is 7.44. The van der Waals surface area contributed by atoms with Gasteiger partial charge in [0.2, 0.25) is 0 Å². The zero-order chi connectivity index (χ0) is 18.9. The van der Waals surface area contributed by atoms with Crippen LogP contribution in [0.15, 0.2) is 47.6 Å². The lowest BCUT2D eigenvalue weighted by Crippen LogP contribution is -2.34. The quantitative estimate of drug-likeness (QED) is 0.559. The normalized spacial score (nSPS) is 10.6. The third-order valence-corrected chi connectivity index (χ3v) is 3.92. The molecule has 2 N–H and O–H groups in total. The van der Waals surface area contributed by atoms with Gasteiger partial charge in [0.05, 0.1) is 29.4 Å². The van der Waals surface area contributed by atoms with Crippen LogP contribution in [0.25, 0.3) is 0 Å². The molecule has 6 nitrogen and oxygen atoms in total. The van der Waals surface area contributed by atoms with Crippen LogP contribution in [-0.2, 0) is 4.79 Å². The fraction of sp³-hybridized carbons (Fsp3) is 0.167. The van der Waals surface area contributed by atoms with Crippen LogP contribution in [0.1, 0.15) is 22.8 Å². The van der Waals surface area contributed by atoms with Gasteiger partial charge < -0.3 is 10.1 Å². The van der Waals surface area contributed by atoms with Gasteiger partial charge in [-0.15, -0.1) is 0 Å². The van der Waals surface area contributed by atoms with Crippen molar-refractivity contribution in [3.63, 3.8) is 0 Å². The first-order valence-electron chi connectivity index (χ1n) is 7.77. The van der Waals surface area contributed by atoms with Gasteiger partial charge in [-0.1, -0.05) is 23.2 Å². The van der Waals surface area contributed by atoms with Crippen molar-refractivity contribution < 1.29 is 14.3 Å². The van der Waals surface area contributed by atoms with Crippen LogP contribution in [-0.4, -0.2) is 31.2 Å². The van der Waals surface area contributed by atoms with E-state index in [0.717, 1.165) is 11.3 Å². The number of hydrogen-bond donors (Lipinski definition) is 2. The molecule has 2 amide bonds. The molecule has 0 saturated heterocycles. The molecule has 0 aliphatic heterocycles. The molecule has 0 aliphatic carbocycles. The van der Waals surface area contributed by atoms with E-state index in [1.807, 2.05) is 31.2 Å². The minimum absolute atomic E-state index is 0.223. The SMILES string of the molecule is CCOc1ccc(/C=N/NC(=O)CNC(=O)c2ccc(Cl)c(Cl)c2)cc1. The largest absolute Gasteiger partial charge is 0.494 e. The highest BCUT2D eigenvalue weighted by Crippen LogP contribution is 2.22. The molecule has 2 aromatic rings. The summed E-state index contributed by atoms with van der Waals surface area (Å²) in [6.07, 6.45) is 1.49. The topological polar surface area (TPSA) is 79.8 Å². The summed E-state index contributed by atoms with van der Waals surface area (Å²) < 4.78 is 5.34. The average molecular weight is 394 g/mol. The van der Waals surface area contributed by atoms with Gasteiger partial charge in [0, 0.05) is 5.56 Å². The van der Waals surface area contributed by atoms with E-state index >= 15 is 0 Å². The number of rotatable bonds is 7. The number of carbonyl (C=O) groups excluding carboxylic acids is 2. The average Bonchev–Trinajstić information content (AvgIpc) is 2.63. The van der Waals surface area contributed by atoms with E-state index in [1.165, 1.54) is 24.4 Å². The molecule has 2 aromatic carbocycles. The number of halogens is 2. The van der Waals surface area contributed by atoms with E-state index in [9.17, 15) is 9.59 Å². The van der Waals surface area contributed by atoms with E-state index in [0.29, 0.717) is 17.2 Å². The Balaban J connectivity index is 1.79. The molecule has 0 spiro atoms. The van der Waals surface area contributed by atoms with Crippen molar-refractivity contribution in [2.75, 3.05) is 13.2 Å². The molecule has 136 valence electrons. The van der Waals surface area contributed by atoms with Crippen molar-refractivity contribution in [3.05, 3.63) is 63.6 Å². The number of nitrogens with zero attached hydrogens (tertiary/aromatic N) is 1. The second-order valence-corrected chi connectivity index (χ2v) is 5.92. The molecular formula is C18H17Cl2N3O3. The van der Waals surface area contributed by atoms with Crippen LogP contribution in [0.4, 0.5) is 0 Å². The Morgan fingerprint density at radius 1 is 1.12 bits per heavy atom. The standard InChI is InChI=1S/C18H17Cl2N3O3/c1-2-26-14-6-3-12(4-7-14)10-22-23-17(24)11-21-18(25)13-5-8-15(19)16(20)9-13/h3-10H,2,11H2,1H3,(H,21,25)(H,23,24)/b22-10+. The Morgan fingerprint density at radius 2 is 1.85 bits per heavy atom. The lowest BCUT2D eigenvalue weighted by molar-refractivity contribution is -0.120. The van der Waals surface area contributed by atoms with E-state index in [2.05, 4.69) is 15.8 Å². The highest BCUT2D eigenvalue weighted by atomic mass is 35.5. The van der Waals surface area contributed by atoms with E-state index < -0.39 is 11.8 Å². The van der Waals surface area contributed by atoms with Crippen molar-refractivity contribution in [3.8, 4) is 5.75 Å². The summed E-state index contributed by atoms with van der Waals surface area (Å²) in [5.74, 6) is -0.131. The molecule has 0 atom stereocenters. The predicted octanol–water partition coefficient (Wildman–Crippen LogP) is 3.27. The Morgan fingerprint density at radius 3 is 2.50 bits per heavy atom. The minimum Gasteiger partial charge on any atom is -0.494 e. The monoisotopic (exact) mass is 393 g/mol. The van der Waals surface area contributed by atoms with Gasteiger partial charge in [-0.25, -0.2) is 5.43 Å². The van der Waals surface area contributed by atoms with Gasteiger partial charge in [-0.2, -0.15) is 5.10 Å². The van der Waals surface area contributed by atoms with Gasteiger partial charge >= 0.3 is 0 Å². The molecule has 0 radical (unpaired) electrons. The third kappa shape index (κ3) is 6.06. The zero-order valence-electron chi connectivity index (χ0n) is 14.0. The molecule has 0 fully saturated rings. The number of carbonyl (C=O) groups is 2. The molecule has 2 rings (SSSR count). The van der Waals surface area contributed by atoms with Gasteiger partial charge in [-0.3, -0.25) is 9.59 Å². The zero-order valence-corrected chi connectivity index (χ0v) is 15.5. The van der Waals surface area contributed by atoms with Gasteiger partial charge in [0.1, 0.15) is 5.75 Å². The van der Waals surface area contributed by atoms with E-state index in [4.69, 9.17) is 27.9 Å². The van der Waals surface area contributed by atoms with Crippen molar-refractivity contribution in [1.29, 1.82) is 0 Å². The highest BCUT2D eigenvalue weighted by molar-refractivity contribution is 6.42. The van der Waals surface area contributed by atoms with Crippen LogP contribution in [0.3, 0.4) is 0 Å². The summed E-state index contributed by atoms with van der Waals surface area (Å²) in [7, 11) is 0. The molecule has 26 heavy (non-hydrogen) atoms. The second kappa shape index (κ2) is 9.79. The smallest absolute Gasteiger partial charge is 0.259 e. The first kappa shape index (κ1) is 19.8. The van der Waals surface area contributed by atoms with Gasteiger partial charge in [-0.05, 0) is 55.0 Å². The molecule has 0 saturated carbocycles. The maximum atomic E-state index is 11.9. The van der Waals surface area contributed by atoms with Crippen LogP contribution in [0.2, 0.25) is 10.0 Å². The summed E-state index contributed by atoms with van der Waals surface area (Å²) in [4.78, 5) is 23.7. The number of hydrogen-bond acceptors (Lipinski definition) is 4. The Hall–Kier alpha value is -2.57. The second-order valence-electron chi connectivity index (χ2n) is 5.11. The minimum atomic E-state index is -0.458. The first-order valence-corrected chi connectivity index (χ1v) is 8.53. The molecule has 0 bridgehead atoms.